The van der Waals surface area contributed by atoms with Gasteiger partial charge in [0.25, 0.3) is 5.91 Å². The number of carbonyl (C=O) groups excluding carboxylic acids is 1. The van der Waals surface area contributed by atoms with Crippen LogP contribution in [-0.4, -0.2) is 13.0 Å². The van der Waals surface area contributed by atoms with Crippen molar-refractivity contribution < 1.29 is 13.9 Å². The zero-order valence-electron chi connectivity index (χ0n) is 12.3. The SMILES string of the molecule is COc1c(Cl)cc(C(=O)NC2CCc3ccc(F)cc32)cc1Cl. The van der Waals surface area contributed by atoms with Crippen LogP contribution in [0.4, 0.5) is 4.39 Å². The van der Waals surface area contributed by atoms with Crippen molar-refractivity contribution in [3.8, 4) is 5.75 Å². The number of aryl methyl sites for hydroxylation is 1. The molecular weight excluding hydrogens is 340 g/mol. The van der Waals surface area contributed by atoms with Gasteiger partial charge in [-0.1, -0.05) is 29.3 Å². The zero-order chi connectivity index (χ0) is 16.6. The van der Waals surface area contributed by atoms with Crippen LogP contribution in [0.2, 0.25) is 10.0 Å². The van der Waals surface area contributed by atoms with Crippen molar-refractivity contribution in [3.63, 3.8) is 0 Å². The Balaban J connectivity index is 1.83. The molecular formula is C17H14Cl2FNO2. The van der Waals surface area contributed by atoms with Gasteiger partial charge in [-0.2, -0.15) is 0 Å². The van der Waals surface area contributed by atoms with Gasteiger partial charge in [0.05, 0.1) is 23.2 Å². The minimum Gasteiger partial charge on any atom is -0.494 e. The van der Waals surface area contributed by atoms with E-state index < -0.39 is 0 Å². The summed E-state index contributed by atoms with van der Waals surface area (Å²) in [5.74, 6) is -0.280. The van der Waals surface area contributed by atoms with Crippen molar-refractivity contribution >= 4 is 29.1 Å². The van der Waals surface area contributed by atoms with Gasteiger partial charge in [-0.3, -0.25) is 4.79 Å². The molecule has 0 aliphatic heterocycles. The molecule has 0 spiro atoms. The highest BCUT2D eigenvalue weighted by Gasteiger charge is 2.25. The number of fused-ring (bicyclic) bond motifs is 1. The second kappa shape index (κ2) is 6.38. The molecule has 1 N–H and O–H groups in total. The molecule has 6 heteroatoms. The first-order valence-corrected chi connectivity index (χ1v) is 7.87. The molecule has 0 radical (unpaired) electrons. The van der Waals surface area contributed by atoms with E-state index in [9.17, 15) is 9.18 Å². The molecule has 23 heavy (non-hydrogen) atoms. The summed E-state index contributed by atoms with van der Waals surface area (Å²) in [4.78, 5) is 12.4. The second-order valence-electron chi connectivity index (χ2n) is 5.38. The number of nitrogens with one attached hydrogen (secondary N) is 1. The summed E-state index contributed by atoms with van der Waals surface area (Å²) >= 11 is 12.1. The van der Waals surface area contributed by atoms with Gasteiger partial charge in [0.15, 0.2) is 5.75 Å². The first kappa shape index (κ1) is 16.1. The molecule has 0 saturated carbocycles. The van der Waals surface area contributed by atoms with Crippen molar-refractivity contribution in [1.82, 2.24) is 5.32 Å². The van der Waals surface area contributed by atoms with Crippen molar-refractivity contribution in [2.24, 2.45) is 0 Å². The maximum Gasteiger partial charge on any atom is 0.251 e. The maximum atomic E-state index is 13.4. The Labute approximate surface area is 143 Å². The number of hydrogen-bond acceptors (Lipinski definition) is 2. The van der Waals surface area contributed by atoms with Crippen molar-refractivity contribution in [2.45, 2.75) is 18.9 Å². The van der Waals surface area contributed by atoms with Crippen LogP contribution in [0.3, 0.4) is 0 Å². The van der Waals surface area contributed by atoms with Crippen LogP contribution in [0, 0.1) is 5.82 Å². The van der Waals surface area contributed by atoms with Gasteiger partial charge in [0.2, 0.25) is 0 Å². The molecule has 2 aromatic rings. The van der Waals surface area contributed by atoms with E-state index in [0.29, 0.717) is 11.3 Å². The fraction of sp³-hybridized carbons (Fsp3) is 0.235. The molecule has 2 aromatic carbocycles. The van der Waals surface area contributed by atoms with E-state index in [2.05, 4.69) is 5.32 Å². The summed E-state index contributed by atoms with van der Waals surface area (Å²) in [6, 6.07) is 7.46. The topological polar surface area (TPSA) is 38.3 Å². The molecule has 120 valence electrons. The number of halogens is 3. The predicted octanol–water partition coefficient (Wildman–Crippen LogP) is 4.56. The highest BCUT2D eigenvalue weighted by molar-refractivity contribution is 6.37. The summed E-state index contributed by atoms with van der Waals surface area (Å²) < 4.78 is 18.5. The number of methoxy groups -OCH3 is 1. The summed E-state index contributed by atoms with van der Waals surface area (Å²) in [6.45, 7) is 0. The predicted molar refractivity (Wildman–Crippen MR) is 87.9 cm³/mol. The zero-order valence-corrected chi connectivity index (χ0v) is 13.8. The van der Waals surface area contributed by atoms with E-state index in [4.69, 9.17) is 27.9 Å². The van der Waals surface area contributed by atoms with E-state index in [-0.39, 0.29) is 27.8 Å². The molecule has 0 aromatic heterocycles. The van der Waals surface area contributed by atoms with E-state index in [1.54, 1.807) is 6.07 Å². The molecule has 1 aliphatic rings. The number of ether oxygens (including phenoxy) is 1. The van der Waals surface area contributed by atoms with Crippen LogP contribution in [0.5, 0.6) is 5.75 Å². The number of rotatable bonds is 3. The molecule has 1 atom stereocenters. The summed E-state index contributed by atoms with van der Waals surface area (Å²) in [5, 5.41) is 3.44. The van der Waals surface area contributed by atoms with Gasteiger partial charge in [0, 0.05) is 5.56 Å². The van der Waals surface area contributed by atoms with E-state index in [1.165, 1.54) is 31.4 Å². The van der Waals surface area contributed by atoms with E-state index in [0.717, 1.165) is 24.0 Å². The van der Waals surface area contributed by atoms with Crippen LogP contribution in [0.15, 0.2) is 30.3 Å². The molecule has 1 unspecified atom stereocenters. The Bertz CT molecular complexity index is 756. The summed E-state index contributed by atoms with van der Waals surface area (Å²) in [7, 11) is 1.46. The van der Waals surface area contributed by atoms with Crippen LogP contribution in [-0.2, 0) is 6.42 Å². The third-order valence-corrected chi connectivity index (χ3v) is 4.52. The minimum absolute atomic E-state index is 0.215. The monoisotopic (exact) mass is 353 g/mol. The van der Waals surface area contributed by atoms with Crippen LogP contribution < -0.4 is 10.1 Å². The Morgan fingerprint density at radius 1 is 1.26 bits per heavy atom. The summed E-state index contributed by atoms with van der Waals surface area (Å²) in [6.07, 6.45) is 1.55. The Morgan fingerprint density at radius 2 is 1.96 bits per heavy atom. The van der Waals surface area contributed by atoms with Crippen molar-refractivity contribution in [1.29, 1.82) is 0 Å². The van der Waals surface area contributed by atoms with Gasteiger partial charge in [-0.15, -0.1) is 0 Å². The van der Waals surface area contributed by atoms with Crippen molar-refractivity contribution in [3.05, 3.63) is 62.9 Å². The third-order valence-electron chi connectivity index (χ3n) is 3.96. The molecule has 3 nitrogen and oxygen atoms in total. The number of carbonyl (C=O) groups is 1. The Morgan fingerprint density at radius 3 is 2.61 bits per heavy atom. The van der Waals surface area contributed by atoms with Gasteiger partial charge in [-0.25, -0.2) is 4.39 Å². The summed E-state index contributed by atoms with van der Waals surface area (Å²) in [5.41, 5.74) is 2.22. The van der Waals surface area contributed by atoms with Gasteiger partial charge < -0.3 is 10.1 Å². The minimum atomic E-state index is -0.307. The highest BCUT2D eigenvalue weighted by Crippen LogP contribution is 2.35. The van der Waals surface area contributed by atoms with Crippen molar-refractivity contribution in [2.75, 3.05) is 7.11 Å². The lowest BCUT2D eigenvalue weighted by Gasteiger charge is -2.15. The van der Waals surface area contributed by atoms with Gasteiger partial charge in [0.1, 0.15) is 5.82 Å². The lowest BCUT2D eigenvalue weighted by Crippen LogP contribution is -2.27. The molecule has 1 aliphatic carbocycles. The second-order valence-corrected chi connectivity index (χ2v) is 6.20. The fourth-order valence-electron chi connectivity index (χ4n) is 2.85. The number of benzene rings is 2. The highest BCUT2D eigenvalue weighted by atomic mass is 35.5. The normalized spacial score (nSPS) is 16.1. The number of amides is 1. The largest absolute Gasteiger partial charge is 0.494 e. The van der Waals surface area contributed by atoms with Crippen LogP contribution in [0.1, 0.15) is 33.9 Å². The van der Waals surface area contributed by atoms with Crippen LogP contribution in [0.25, 0.3) is 0 Å². The van der Waals surface area contributed by atoms with Gasteiger partial charge >= 0.3 is 0 Å². The third kappa shape index (κ3) is 3.14. The first-order chi connectivity index (χ1) is 11.0. The fourth-order valence-corrected chi connectivity index (χ4v) is 3.49. The maximum absolute atomic E-state index is 13.4. The molecule has 0 bridgehead atoms. The van der Waals surface area contributed by atoms with E-state index >= 15 is 0 Å². The van der Waals surface area contributed by atoms with E-state index in [1.807, 2.05) is 0 Å². The van der Waals surface area contributed by atoms with Crippen LogP contribution >= 0.6 is 23.2 Å². The lowest BCUT2D eigenvalue weighted by atomic mass is 10.1. The standard InChI is InChI=1S/C17H14Cl2FNO2/c1-23-16-13(18)6-10(7-14(16)19)17(22)21-15-5-3-9-2-4-11(20)8-12(9)15/h2,4,6-8,15H,3,5H2,1H3,(H,21,22). The molecule has 3 rings (SSSR count). The Kier molecular flexibility index (Phi) is 4.46. The molecule has 1 amide bonds. The number of hydrogen-bond donors (Lipinski definition) is 1. The molecule has 0 saturated heterocycles. The molecule has 0 fully saturated rings. The Hall–Kier alpha value is -1.78. The van der Waals surface area contributed by atoms with Gasteiger partial charge in [-0.05, 0) is 48.2 Å². The molecule has 0 heterocycles. The average Bonchev–Trinajstić information content (AvgIpc) is 2.89. The average molecular weight is 354 g/mol. The lowest BCUT2D eigenvalue weighted by molar-refractivity contribution is 0.0936. The first-order valence-electron chi connectivity index (χ1n) is 7.12. The quantitative estimate of drug-likeness (QED) is 0.878. The smallest absolute Gasteiger partial charge is 0.251 e.